The summed E-state index contributed by atoms with van der Waals surface area (Å²) in [4.78, 5) is 5.58. The van der Waals surface area contributed by atoms with Crippen molar-refractivity contribution in [3.63, 3.8) is 0 Å². The fourth-order valence-electron chi connectivity index (χ4n) is 2.85. The van der Waals surface area contributed by atoms with E-state index in [4.69, 9.17) is 11.6 Å². The molecular formula is C20H15ClN2O2S2. The molecule has 0 amide bonds. The molecule has 1 N–H and O–H groups in total. The van der Waals surface area contributed by atoms with Crippen molar-refractivity contribution in [2.24, 2.45) is 0 Å². The lowest BCUT2D eigenvalue weighted by molar-refractivity contribution is 0.601. The van der Waals surface area contributed by atoms with Crippen LogP contribution in [0.1, 0.15) is 4.88 Å². The van der Waals surface area contributed by atoms with Gasteiger partial charge >= 0.3 is 0 Å². The van der Waals surface area contributed by atoms with Crippen molar-refractivity contribution < 1.29 is 8.42 Å². The summed E-state index contributed by atoms with van der Waals surface area (Å²) in [6, 6.07) is 20.0. The summed E-state index contributed by atoms with van der Waals surface area (Å²) in [6.07, 6.45) is 0. The molecule has 0 spiro atoms. The molecule has 4 rings (SSSR count). The number of nitrogens with zero attached hydrogens (tertiary/aromatic N) is 1. The van der Waals surface area contributed by atoms with E-state index in [-0.39, 0.29) is 4.90 Å². The summed E-state index contributed by atoms with van der Waals surface area (Å²) < 4.78 is 28.2. The molecule has 0 saturated carbocycles. The zero-order valence-corrected chi connectivity index (χ0v) is 16.7. The maximum Gasteiger partial charge on any atom is 0.263 e. The van der Waals surface area contributed by atoms with Crippen LogP contribution in [-0.2, 0) is 10.0 Å². The Morgan fingerprint density at radius 2 is 1.74 bits per heavy atom. The molecule has 4 aromatic rings. The van der Waals surface area contributed by atoms with E-state index in [1.165, 1.54) is 11.3 Å². The monoisotopic (exact) mass is 414 g/mol. The lowest BCUT2D eigenvalue weighted by atomic mass is 10.1. The number of halogens is 1. The number of sulfonamides is 1. The highest BCUT2D eigenvalue weighted by Gasteiger charge is 2.18. The van der Waals surface area contributed by atoms with Crippen molar-refractivity contribution in [3.8, 4) is 11.3 Å². The van der Waals surface area contributed by atoms with Gasteiger partial charge in [0, 0.05) is 15.5 Å². The predicted octanol–water partition coefficient (Wildman–Crippen LogP) is 5.73. The molecule has 0 bridgehead atoms. The number of nitrogens with one attached hydrogen (secondary N) is 1. The predicted molar refractivity (Wildman–Crippen MR) is 112 cm³/mol. The van der Waals surface area contributed by atoms with Crippen molar-refractivity contribution in [2.75, 3.05) is 4.72 Å². The van der Waals surface area contributed by atoms with E-state index < -0.39 is 10.0 Å². The van der Waals surface area contributed by atoms with Crippen LogP contribution in [0.5, 0.6) is 0 Å². The van der Waals surface area contributed by atoms with Gasteiger partial charge in [-0.05, 0) is 42.0 Å². The maximum absolute atomic E-state index is 12.8. The molecule has 1 aromatic heterocycles. The van der Waals surface area contributed by atoms with Crippen LogP contribution in [0, 0.1) is 6.92 Å². The van der Waals surface area contributed by atoms with Crippen molar-refractivity contribution in [1.82, 2.24) is 4.98 Å². The van der Waals surface area contributed by atoms with Gasteiger partial charge in [0.15, 0.2) is 5.13 Å². The first kappa shape index (κ1) is 18.0. The van der Waals surface area contributed by atoms with E-state index in [0.29, 0.717) is 10.2 Å². The van der Waals surface area contributed by atoms with E-state index >= 15 is 0 Å². The quantitative estimate of drug-likeness (QED) is 0.464. The van der Waals surface area contributed by atoms with Crippen molar-refractivity contribution in [2.45, 2.75) is 11.8 Å². The molecule has 7 heteroatoms. The third-order valence-corrected chi connectivity index (χ3v) is 6.73. The van der Waals surface area contributed by atoms with Crippen LogP contribution < -0.4 is 4.72 Å². The van der Waals surface area contributed by atoms with Gasteiger partial charge in [0.05, 0.1) is 10.6 Å². The van der Waals surface area contributed by atoms with E-state index in [0.717, 1.165) is 26.9 Å². The Morgan fingerprint density at radius 1 is 0.963 bits per heavy atom. The molecule has 0 saturated heterocycles. The Balaban J connectivity index is 1.67. The number of rotatable bonds is 4. The van der Waals surface area contributed by atoms with Gasteiger partial charge in [0.25, 0.3) is 10.0 Å². The minimum atomic E-state index is -3.73. The number of aryl methyl sites for hydroxylation is 1. The molecule has 136 valence electrons. The van der Waals surface area contributed by atoms with Crippen molar-refractivity contribution in [1.29, 1.82) is 0 Å². The normalized spacial score (nSPS) is 11.6. The van der Waals surface area contributed by atoms with Gasteiger partial charge in [0.1, 0.15) is 0 Å². The van der Waals surface area contributed by atoms with Gasteiger partial charge < -0.3 is 0 Å². The Bertz CT molecular complexity index is 1250. The molecule has 4 nitrogen and oxygen atoms in total. The largest absolute Gasteiger partial charge is 0.263 e. The van der Waals surface area contributed by atoms with E-state index in [2.05, 4.69) is 9.71 Å². The van der Waals surface area contributed by atoms with E-state index in [9.17, 15) is 8.42 Å². The molecule has 27 heavy (non-hydrogen) atoms. The second-order valence-corrected chi connectivity index (χ2v) is 9.37. The van der Waals surface area contributed by atoms with E-state index in [1.54, 1.807) is 24.3 Å². The van der Waals surface area contributed by atoms with Crippen LogP contribution in [0.2, 0.25) is 5.02 Å². The fourth-order valence-corrected chi connectivity index (χ4v) is 5.15. The zero-order valence-electron chi connectivity index (χ0n) is 14.3. The smallest absolute Gasteiger partial charge is 0.255 e. The van der Waals surface area contributed by atoms with Crippen molar-refractivity contribution in [3.05, 3.63) is 76.6 Å². The highest BCUT2D eigenvalue weighted by molar-refractivity contribution is 7.93. The average molecular weight is 415 g/mol. The van der Waals surface area contributed by atoms with Crippen molar-refractivity contribution >= 4 is 48.9 Å². The van der Waals surface area contributed by atoms with Crippen LogP contribution >= 0.6 is 22.9 Å². The molecule has 0 aliphatic heterocycles. The van der Waals surface area contributed by atoms with Gasteiger partial charge in [-0.3, -0.25) is 4.72 Å². The molecule has 0 atom stereocenters. The molecular weight excluding hydrogens is 400 g/mol. The molecule has 0 radical (unpaired) electrons. The summed E-state index contributed by atoms with van der Waals surface area (Å²) >= 11 is 7.35. The third-order valence-electron chi connectivity index (χ3n) is 4.15. The summed E-state index contributed by atoms with van der Waals surface area (Å²) in [5, 5.41) is 2.80. The SMILES string of the molecule is Cc1sc(NS(=O)(=O)c2ccc3ccccc3c2)nc1-c1cccc(Cl)c1. The third kappa shape index (κ3) is 3.69. The Hall–Kier alpha value is -2.41. The first-order valence-corrected chi connectivity index (χ1v) is 10.9. The highest BCUT2D eigenvalue weighted by atomic mass is 35.5. The summed E-state index contributed by atoms with van der Waals surface area (Å²) in [6.45, 7) is 1.90. The van der Waals surface area contributed by atoms with Crippen LogP contribution in [0.3, 0.4) is 0 Å². The van der Waals surface area contributed by atoms with Crippen LogP contribution in [0.4, 0.5) is 5.13 Å². The first-order valence-electron chi connectivity index (χ1n) is 8.17. The summed E-state index contributed by atoms with van der Waals surface area (Å²) in [5.41, 5.74) is 1.58. The van der Waals surface area contributed by atoms with Crippen LogP contribution in [0.15, 0.2) is 71.6 Å². The first-order chi connectivity index (χ1) is 12.9. The minimum Gasteiger partial charge on any atom is -0.255 e. The second-order valence-electron chi connectivity index (χ2n) is 6.05. The molecule has 0 fully saturated rings. The van der Waals surface area contributed by atoms with Crippen LogP contribution in [0.25, 0.3) is 22.0 Å². The number of fused-ring (bicyclic) bond motifs is 1. The minimum absolute atomic E-state index is 0.207. The average Bonchev–Trinajstić information content (AvgIpc) is 3.00. The number of benzene rings is 3. The zero-order chi connectivity index (χ0) is 19.0. The molecule has 0 aliphatic carbocycles. The molecule has 0 aliphatic rings. The highest BCUT2D eigenvalue weighted by Crippen LogP contribution is 2.32. The standard InChI is InChI=1S/C20H15ClN2O2S2/c1-13-19(16-7-4-8-17(21)11-16)22-20(26-13)23-27(24,25)18-10-9-14-5-2-3-6-15(14)12-18/h2-12H,1H3,(H,22,23). The topological polar surface area (TPSA) is 59.1 Å². The lowest BCUT2D eigenvalue weighted by Crippen LogP contribution is -2.12. The molecule has 0 unspecified atom stereocenters. The maximum atomic E-state index is 12.8. The van der Waals surface area contributed by atoms with Crippen LogP contribution in [-0.4, -0.2) is 13.4 Å². The molecule has 1 heterocycles. The van der Waals surface area contributed by atoms with Gasteiger partial charge in [0.2, 0.25) is 0 Å². The number of hydrogen-bond acceptors (Lipinski definition) is 4. The Labute approximate surface area is 166 Å². The van der Waals surface area contributed by atoms with Gasteiger partial charge in [-0.1, -0.05) is 54.1 Å². The second kappa shape index (κ2) is 6.96. The number of aromatic nitrogens is 1. The number of anilines is 1. The number of thiazole rings is 1. The summed E-state index contributed by atoms with van der Waals surface area (Å²) in [7, 11) is -3.73. The molecule has 3 aromatic carbocycles. The Kier molecular flexibility index (Phi) is 4.63. The Morgan fingerprint density at radius 3 is 2.52 bits per heavy atom. The fraction of sp³-hybridized carbons (Fsp3) is 0.0500. The van der Waals surface area contributed by atoms with Gasteiger partial charge in [-0.2, -0.15) is 0 Å². The van der Waals surface area contributed by atoms with E-state index in [1.807, 2.05) is 49.4 Å². The summed E-state index contributed by atoms with van der Waals surface area (Å²) in [5.74, 6) is 0. The number of hydrogen-bond donors (Lipinski definition) is 1. The van der Waals surface area contributed by atoms with Gasteiger partial charge in [-0.25, -0.2) is 13.4 Å². The lowest BCUT2D eigenvalue weighted by Gasteiger charge is -2.06. The van der Waals surface area contributed by atoms with Gasteiger partial charge in [-0.15, -0.1) is 11.3 Å².